The maximum atomic E-state index is 5.67. The molecule has 1 aromatic heterocycles. The van der Waals surface area contributed by atoms with Gasteiger partial charge in [0.1, 0.15) is 5.82 Å². The summed E-state index contributed by atoms with van der Waals surface area (Å²) < 4.78 is 0. The van der Waals surface area contributed by atoms with Crippen LogP contribution in [0.4, 0.5) is 5.82 Å². The van der Waals surface area contributed by atoms with Gasteiger partial charge in [-0.05, 0) is 32.4 Å². The molecule has 70 valence electrons. The highest BCUT2D eigenvalue weighted by Crippen LogP contribution is 2.07. The number of pyridine rings is 1. The highest BCUT2D eigenvalue weighted by Gasteiger charge is 1.97. The Labute approximate surface area is 78.7 Å². The Kier molecular flexibility index (Phi) is 3.01. The van der Waals surface area contributed by atoms with Crippen LogP contribution in [0.3, 0.4) is 0 Å². The van der Waals surface area contributed by atoms with E-state index < -0.39 is 0 Å². The van der Waals surface area contributed by atoms with E-state index in [0.717, 1.165) is 11.1 Å². The monoisotopic (exact) mass is 177 g/mol. The number of nitrogen functional groups attached to an aromatic ring is 1. The number of aryl methyl sites for hydroxylation is 1. The molecule has 0 aliphatic carbocycles. The fraction of sp³-hybridized carbons (Fsp3) is 0.400. The highest BCUT2D eigenvalue weighted by molar-refractivity contribution is 5.85. The molecule has 0 saturated carbocycles. The van der Waals surface area contributed by atoms with Crippen molar-refractivity contribution in [3.8, 4) is 0 Å². The van der Waals surface area contributed by atoms with Gasteiger partial charge >= 0.3 is 0 Å². The summed E-state index contributed by atoms with van der Waals surface area (Å²) in [5, 5.41) is 0. The van der Waals surface area contributed by atoms with E-state index >= 15 is 0 Å². The first-order valence-corrected chi connectivity index (χ1v) is 4.35. The summed E-state index contributed by atoms with van der Waals surface area (Å²) in [4.78, 5) is 8.29. The number of rotatable bonds is 2. The molecule has 0 unspecified atom stereocenters. The van der Waals surface area contributed by atoms with E-state index in [-0.39, 0.29) is 0 Å². The summed E-state index contributed by atoms with van der Waals surface area (Å²) in [6, 6.07) is 2.27. The Morgan fingerprint density at radius 1 is 1.54 bits per heavy atom. The van der Waals surface area contributed by atoms with Gasteiger partial charge in [-0.15, -0.1) is 0 Å². The molecule has 0 bridgehead atoms. The van der Waals surface area contributed by atoms with Crippen LogP contribution in [0.15, 0.2) is 17.3 Å². The highest BCUT2D eigenvalue weighted by atomic mass is 14.8. The van der Waals surface area contributed by atoms with Crippen molar-refractivity contribution in [2.75, 3.05) is 5.73 Å². The molecule has 0 aliphatic heterocycles. The average Bonchev–Trinajstić information content (AvgIpc) is 2.06. The van der Waals surface area contributed by atoms with Crippen LogP contribution in [-0.4, -0.2) is 17.2 Å². The number of nitrogens with zero attached hydrogens (tertiary/aromatic N) is 2. The van der Waals surface area contributed by atoms with Crippen molar-refractivity contribution in [3.05, 3.63) is 23.4 Å². The van der Waals surface area contributed by atoms with Gasteiger partial charge in [-0.25, -0.2) is 4.98 Å². The lowest BCUT2D eigenvalue weighted by Gasteiger charge is -2.00. The van der Waals surface area contributed by atoms with Gasteiger partial charge in [-0.2, -0.15) is 0 Å². The third-order valence-electron chi connectivity index (χ3n) is 1.60. The summed E-state index contributed by atoms with van der Waals surface area (Å²) in [6.45, 7) is 6.03. The molecule has 0 aromatic carbocycles. The Hall–Kier alpha value is -1.38. The smallest absolute Gasteiger partial charge is 0.132 e. The summed E-state index contributed by atoms with van der Waals surface area (Å²) in [5.74, 6) is 0.537. The minimum Gasteiger partial charge on any atom is -0.383 e. The third kappa shape index (κ3) is 2.86. The van der Waals surface area contributed by atoms with Crippen LogP contribution in [-0.2, 0) is 0 Å². The summed E-state index contributed by atoms with van der Waals surface area (Å²) >= 11 is 0. The van der Waals surface area contributed by atoms with Crippen molar-refractivity contribution in [2.24, 2.45) is 4.99 Å². The van der Waals surface area contributed by atoms with Crippen LogP contribution in [0.2, 0.25) is 0 Å². The molecule has 0 aliphatic rings. The molecule has 0 atom stereocenters. The second kappa shape index (κ2) is 4.03. The molecule has 0 spiro atoms. The first-order valence-electron chi connectivity index (χ1n) is 4.35. The summed E-state index contributed by atoms with van der Waals surface area (Å²) in [5.41, 5.74) is 7.67. The van der Waals surface area contributed by atoms with Crippen molar-refractivity contribution in [1.29, 1.82) is 0 Å². The molecule has 13 heavy (non-hydrogen) atoms. The van der Waals surface area contributed by atoms with E-state index in [9.17, 15) is 0 Å². The minimum atomic E-state index is 0.292. The molecule has 0 amide bonds. The Morgan fingerprint density at radius 3 is 2.85 bits per heavy atom. The zero-order valence-corrected chi connectivity index (χ0v) is 8.28. The molecular weight excluding hydrogens is 162 g/mol. The van der Waals surface area contributed by atoms with E-state index in [0.29, 0.717) is 11.9 Å². The van der Waals surface area contributed by atoms with Gasteiger partial charge < -0.3 is 5.73 Å². The van der Waals surface area contributed by atoms with Crippen LogP contribution in [0.1, 0.15) is 25.0 Å². The Balaban J connectivity index is 2.93. The average molecular weight is 177 g/mol. The normalized spacial score (nSPS) is 11.4. The number of hydrogen-bond acceptors (Lipinski definition) is 3. The van der Waals surface area contributed by atoms with Crippen LogP contribution in [0.25, 0.3) is 0 Å². The SMILES string of the molecule is Cc1cnc(N)c(C=NC(C)C)c1. The van der Waals surface area contributed by atoms with Crippen LogP contribution >= 0.6 is 0 Å². The summed E-state index contributed by atoms with van der Waals surface area (Å²) in [7, 11) is 0. The predicted octanol–water partition coefficient (Wildman–Crippen LogP) is 1.80. The quantitative estimate of drug-likeness (QED) is 0.700. The zero-order valence-electron chi connectivity index (χ0n) is 8.28. The molecule has 1 heterocycles. The van der Waals surface area contributed by atoms with Gasteiger partial charge in [0, 0.05) is 24.0 Å². The van der Waals surface area contributed by atoms with Crippen LogP contribution in [0, 0.1) is 6.92 Å². The molecule has 0 radical (unpaired) electrons. The number of nitrogens with two attached hydrogens (primary N) is 1. The van der Waals surface area contributed by atoms with E-state index in [1.54, 1.807) is 12.4 Å². The lowest BCUT2D eigenvalue weighted by Crippen LogP contribution is -1.99. The molecule has 3 heteroatoms. The molecular formula is C10H15N3. The lowest BCUT2D eigenvalue weighted by molar-refractivity contribution is 0.841. The van der Waals surface area contributed by atoms with Crippen molar-refractivity contribution in [1.82, 2.24) is 4.98 Å². The number of aromatic nitrogens is 1. The number of hydrogen-bond donors (Lipinski definition) is 1. The van der Waals surface area contributed by atoms with E-state index in [1.165, 1.54) is 0 Å². The van der Waals surface area contributed by atoms with Crippen molar-refractivity contribution >= 4 is 12.0 Å². The second-order valence-corrected chi connectivity index (χ2v) is 3.36. The zero-order chi connectivity index (χ0) is 9.84. The third-order valence-corrected chi connectivity index (χ3v) is 1.60. The van der Waals surface area contributed by atoms with E-state index in [4.69, 9.17) is 5.73 Å². The Morgan fingerprint density at radius 2 is 2.23 bits per heavy atom. The molecule has 0 saturated heterocycles. The fourth-order valence-electron chi connectivity index (χ4n) is 0.935. The van der Waals surface area contributed by atoms with E-state index in [1.807, 2.05) is 26.8 Å². The molecule has 1 aromatic rings. The van der Waals surface area contributed by atoms with Gasteiger partial charge in [0.15, 0.2) is 0 Å². The molecule has 0 fully saturated rings. The van der Waals surface area contributed by atoms with Crippen LogP contribution in [0.5, 0.6) is 0 Å². The lowest BCUT2D eigenvalue weighted by atomic mass is 10.2. The van der Waals surface area contributed by atoms with Gasteiger partial charge in [-0.1, -0.05) is 0 Å². The number of anilines is 1. The van der Waals surface area contributed by atoms with Gasteiger partial charge in [0.25, 0.3) is 0 Å². The number of aliphatic imine (C=N–C) groups is 1. The van der Waals surface area contributed by atoms with Gasteiger partial charge in [0.05, 0.1) is 0 Å². The maximum absolute atomic E-state index is 5.67. The second-order valence-electron chi connectivity index (χ2n) is 3.36. The van der Waals surface area contributed by atoms with Crippen molar-refractivity contribution < 1.29 is 0 Å². The Bertz CT molecular complexity index is 316. The molecule has 1 rings (SSSR count). The first-order chi connectivity index (χ1) is 6.09. The first kappa shape index (κ1) is 9.71. The standard InChI is InChI=1S/C10H15N3/c1-7(2)12-6-9-4-8(3)5-13-10(9)11/h4-7H,1-3H3,(H2,11,13). The van der Waals surface area contributed by atoms with E-state index in [2.05, 4.69) is 9.98 Å². The largest absolute Gasteiger partial charge is 0.383 e. The van der Waals surface area contributed by atoms with Crippen LogP contribution < -0.4 is 5.73 Å². The maximum Gasteiger partial charge on any atom is 0.132 e. The van der Waals surface area contributed by atoms with Crippen molar-refractivity contribution in [3.63, 3.8) is 0 Å². The predicted molar refractivity (Wildman–Crippen MR) is 56.1 cm³/mol. The topological polar surface area (TPSA) is 51.3 Å². The summed E-state index contributed by atoms with van der Waals surface area (Å²) in [6.07, 6.45) is 3.53. The minimum absolute atomic E-state index is 0.292. The van der Waals surface area contributed by atoms with Gasteiger partial charge in [0.2, 0.25) is 0 Å². The molecule has 2 N–H and O–H groups in total. The van der Waals surface area contributed by atoms with Gasteiger partial charge in [-0.3, -0.25) is 4.99 Å². The molecule has 3 nitrogen and oxygen atoms in total. The van der Waals surface area contributed by atoms with Crippen molar-refractivity contribution in [2.45, 2.75) is 26.8 Å². The fourth-order valence-corrected chi connectivity index (χ4v) is 0.935.